The molecule has 0 radical (unpaired) electrons. The van der Waals surface area contributed by atoms with Crippen LogP contribution in [0.25, 0.3) is 0 Å². The Morgan fingerprint density at radius 2 is 2.44 bits per heavy atom. The second kappa shape index (κ2) is 6.02. The van der Waals surface area contributed by atoms with Gasteiger partial charge >= 0.3 is 0 Å². The van der Waals surface area contributed by atoms with Crippen molar-refractivity contribution in [1.29, 1.82) is 0 Å². The van der Waals surface area contributed by atoms with Gasteiger partial charge < -0.3 is 16.0 Å². The number of H-pyrrole nitrogens is 1. The average molecular weight is 224 g/mol. The van der Waals surface area contributed by atoms with Crippen LogP contribution in [0.4, 0.5) is 0 Å². The van der Waals surface area contributed by atoms with Gasteiger partial charge in [0.05, 0.1) is 6.20 Å². The van der Waals surface area contributed by atoms with Crippen LogP contribution >= 0.6 is 0 Å². The smallest absolute Gasteiger partial charge is 0.271 e. The molecule has 0 bridgehead atoms. The molecule has 88 valence electrons. The summed E-state index contributed by atoms with van der Waals surface area (Å²) < 4.78 is 0. The van der Waals surface area contributed by atoms with Gasteiger partial charge in [-0.2, -0.15) is 0 Å². The zero-order chi connectivity index (χ0) is 12.0. The number of hydrogen-bond donors (Lipinski definition) is 3. The number of carbonyl (C=O) groups is 1. The maximum Gasteiger partial charge on any atom is 0.271 e. The normalized spacial score (nSPS) is 12.1. The molecule has 0 aliphatic rings. The summed E-state index contributed by atoms with van der Waals surface area (Å²) in [5.41, 5.74) is 5.37. The third-order valence-electron chi connectivity index (χ3n) is 2.16. The Kier molecular flexibility index (Phi) is 4.65. The van der Waals surface area contributed by atoms with Crippen LogP contribution in [-0.2, 0) is 0 Å². The van der Waals surface area contributed by atoms with Gasteiger partial charge in [0.2, 0.25) is 0 Å². The lowest BCUT2D eigenvalue weighted by Gasteiger charge is -2.15. The van der Waals surface area contributed by atoms with Crippen LogP contribution in [0.2, 0.25) is 0 Å². The highest BCUT2D eigenvalue weighted by Crippen LogP contribution is 1.96. The van der Waals surface area contributed by atoms with Gasteiger partial charge in [0.25, 0.3) is 11.5 Å². The minimum absolute atomic E-state index is 0.0498. The van der Waals surface area contributed by atoms with E-state index in [1.165, 1.54) is 6.20 Å². The van der Waals surface area contributed by atoms with Crippen LogP contribution in [0.3, 0.4) is 0 Å². The number of hydrogen-bond acceptors (Lipinski definition) is 4. The molecule has 1 amide bonds. The standard InChI is InChI=1S/C10H16N4O2/c1-2-3-7(4-11)14-10(16)8-5-13-9(15)6-12-8/h5-7H,2-4,11H2,1H3,(H,13,15)(H,14,16). The van der Waals surface area contributed by atoms with Crippen molar-refractivity contribution < 1.29 is 4.79 Å². The lowest BCUT2D eigenvalue weighted by Crippen LogP contribution is -2.40. The van der Waals surface area contributed by atoms with Gasteiger partial charge in [-0.1, -0.05) is 13.3 Å². The van der Waals surface area contributed by atoms with E-state index >= 15 is 0 Å². The minimum atomic E-state index is -0.333. The van der Waals surface area contributed by atoms with Crippen LogP contribution in [0.1, 0.15) is 30.3 Å². The molecule has 1 unspecified atom stereocenters. The van der Waals surface area contributed by atoms with Crippen LogP contribution in [-0.4, -0.2) is 28.5 Å². The summed E-state index contributed by atoms with van der Waals surface area (Å²) in [5, 5.41) is 2.75. The number of rotatable bonds is 5. The summed E-state index contributed by atoms with van der Waals surface area (Å²) in [5.74, 6) is -0.319. The second-order valence-electron chi connectivity index (χ2n) is 3.49. The summed E-state index contributed by atoms with van der Waals surface area (Å²) in [6.07, 6.45) is 4.14. The molecule has 0 spiro atoms. The first-order chi connectivity index (χ1) is 7.67. The first-order valence-electron chi connectivity index (χ1n) is 5.23. The van der Waals surface area contributed by atoms with Gasteiger partial charge in [-0.3, -0.25) is 9.59 Å². The van der Waals surface area contributed by atoms with E-state index in [0.717, 1.165) is 19.0 Å². The van der Waals surface area contributed by atoms with Gasteiger partial charge in [-0.05, 0) is 6.42 Å². The summed E-state index contributed by atoms with van der Waals surface area (Å²) >= 11 is 0. The fourth-order valence-corrected chi connectivity index (χ4v) is 1.32. The Morgan fingerprint density at radius 1 is 1.69 bits per heavy atom. The summed E-state index contributed by atoms with van der Waals surface area (Å²) in [4.78, 5) is 28.5. The Bertz CT molecular complexity index is 382. The Morgan fingerprint density at radius 3 is 2.94 bits per heavy atom. The summed E-state index contributed by atoms with van der Waals surface area (Å²) in [7, 11) is 0. The van der Waals surface area contributed by atoms with Crippen molar-refractivity contribution in [1.82, 2.24) is 15.3 Å². The number of carbonyl (C=O) groups excluding carboxylic acids is 1. The molecule has 0 aromatic carbocycles. The van der Waals surface area contributed by atoms with E-state index in [0.29, 0.717) is 6.54 Å². The fraction of sp³-hybridized carbons (Fsp3) is 0.500. The molecule has 16 heavy (non-hydrogen) atoms. The van der Waals surface area contributed by atoms with Crippen molar-refractivity contribution >= 4 is 5.91 Å². The molecular formula is C10H16N4O2. The molecule has 6 nitrogen and oxygen atoms in total. The Labute approximate surface area is 93.3 Å². The predicted molar refractivity (Wildman–Crippen MR) is 60.1 cm³/mol. The summed E-state index contributed by atoms with van der Waals surface area (Å²) in [6.45, 7) is 2.41. The maximum atomic E-state index is 11.6. The van der Waals surface area contributed by atoms with Crippen LogP contribution in [0, 0.1) is 0 Å². The molecule has 1 aromatic rings. The number of aromatic nitrogens is 2. The van der Waals surface area contributed by atoms with E-state index in [2.05, 4.69) is 15.3 Å². The van der Waals surface area contributed by atoms with Gasteiger partial charge in [-0.15, -0.1) is 0 Å². The SMILES string of the molecule is CCCC(CN)NC(=O)c1c[nH]c(=O)cn1. The number of aromatic amines is 1. The molecule has 0 aliphatic heterocycles. The van der Waals surface area contributed by atoms with Crippen molar-refractivity contribution in [2.24, 2.45) is 5.73 Å². The molecule has 0 saturated carbocycles. The molecule has 6 heteroatoms. The Balaban J connectivity index is 2.64. The Hall–Kier alpha value is -1.69. The lowest BCUT2D eigenvalue weighted by atomic mass is 10.1. The number of nitrogens with zero attached hydrogens (tertiary/aromatic N) is 1. The van der Waals surface area contributed by atoms with Crippen molar-refractivity contribution in [3.63, 3.8) is 0 Å². The molecule has 1 aromatic heterocycles. The third kappa shape index (κ3) is 3.47. The molecule has 1 rings (SSSR count). The quantitative estimate of drug-likeness (QED) is 0.635. The lowest BCUT2D eigenvalue weighted by molar-refractivity contribution is 0.0930. The van der Waals surface area contributed by atoms with Crippen LogP contribution < -0.4 is 16.6 Å². The van der Waals surface area contributed by atoms with Crippen molar-refractivity contribution in [3.8, 4) is 0 Å². The molecular weight excluding hydrogens is 208 g/mol. The zero-order valence-corrected chi connectivity index (χ0v) is 9.19. The predicted octanol–water partition coefficient (Wildman–Crippen LogP) is -0.373. The van der Waals surface area contributed by atoms with E-state index in [1.54, 1.807) is 0 Å². The van der Waals surface area contributed by atoms with Gasteiger partial charge in [0.1, 0.15) is 5.69 Å². The first-order valence-corrected chi connectivity index (χ1v) is 5.23. The van der Waals surface area contributed by atoms with Crippen LogP contribution in [0.5, 0.6) is 0 Å². The highest BCUT2D eigenvalue weighted by atomic mass is 16.2. The molecule has 0 saturated heterocycles. The van der Waals surface area contributed by atoms with Crippen molar-refractivity contribution in [2.75, 3.05) is 6.54 Å². The van der Waals surface area contributed by atoms with Crippen molar-refractivity contribution in [3.05, 3.63) is 28.4 Å². The first kappa shape index (κ1) is 12.4. The number of nitrogens with one attached hydrogen (secondary N) is 2. The van der Waals surface area contributed by atoms with Gasteiger partial charge in [-0.25, -0.2) is 4.98 Å². The second-order valence-corrected chi connectivity index (χ2v) is 3.49. The topological polar surface area (TPSA) is 101 Å². The molecule has 0 aliphatic carbocycles. The van der Waals surface area contributed by atoms with E-state index in [4.69, 9.17) is 5.73 Å². The van der Waals surface area contributed by atoms with E-state index in [-0.39, 0.29) is 23.2 Å². The fourth-order valence-electron chi connectivity index (χ4n) is 1.32. The van der Waals surface area contributed by atoms with E-state index in [9.17, 15) is 9.59 Å². The monoisotopic (exact) mass is 224 g/mol. The highest BCUT2D eigenvalue weighted by molar-refractivity contribution is 5.92. The largest absolute Gasteiger partial charge is 0.347 e. The van der Waals surface area contributed by atoms with Crippen LogP contribution in [0.15, 0.2) is 17.2 Å². The third-order valence-corrected chi connectivity index (χ3v) is 2.16. The zero-order valence-electron chi connectivity index (χ0n) is 9.19. The molecule has 0 fully saturated rings. The molecule has 1 atom stereocenters. The number of amides is 1. The van der Waals surface area contributed by atoms with E-state index < -0.39 is 0 Å². The summed E-state index contributed by atoms with van der Waals surface area (Å²) in [6, 6.07) is -0.0498. The highest BCUT2D eigenvalue weighted by Gasteiger charge is 2.12. The average Bonchev–Trinajstić information content (AvgIpc) is 2.29. The number of nitrogens with two attached hydrogens (primary N) is 1. The van der Waals surface area contributed by atoms with E-state index in [1.807, 2.05) is 6.92 Å². The van der Waals surface area contributed by atoms with Gasteiger partial charge in [0, 0.05) is 18.8 Å². The molecule has 1 heterocycles. The maximum absolute atomic E-state index is 11.6. The van der Waals surface area contributed by atoms with Gasteiger partial charge in [0.15, 0.2) is 0 Å². The molecule has 4 N–H and O–H groups in total. The minimum Gasteiger partial charge on any atom is -0.347 e. The van der Waals surface area contributed by atoms with Crippen molar-refractivity contribution in [2.45, 2.75) is 25.8 Å².